The van der Waals surface area contributed by atoms with Gasteiger partial charge in [-0.1, -0.05) is 0 Å². The Hall–Kier alpha value is -2.50. The Balaban J connectivity index is 2.33. The van der Waals surface area contributed by atoms with Gasteiger partial charge < -0.3 is 15.6 Å². The molecule has 0 unspecified atom stereocenters. The lowest BCUT2D eigenvalue weighted by molar-refractivity contribution is 0.0690. The van der Waals surface area contributed by atoms with Crippen molar-refractivity contribution in [2.24, 2.45) is 0 Å². The molecule has 0 bridgehead atoms. The van der Waals surface area contributed by atoms with Gasteiger partial charge in [0.15, 0.2) is 5.69 Å². The summed E-state index contributed by atoms with van der Waals surface area (Å²) in [6, 6.07) is 8.40. The van der Waals surface area contributed by atoms with E-state index in [1.54, 1.807) is 24.3 Å². The van der Waals surface area contributed by atoms with Gasteiger partial charge in [-0.25, -0.2) is 9.48 Å². The monoisotopic (exact) mass is 247 g/mol. The molecule has 2 rings (SSSR count). The summed E-state index contributed by atoms with van der Waals surface area (Å²) in [5.41, 5.74) is 6.32. The molecule has 3 N–H and O–H groups in total. The second-order valence-electron chi connectivity index (χ2n) is 3.60. The topological polar surface area (TPSA) is 90.4 Å². The van der Waals surface area contributed by atoms with Crippen molar-refractivity contribution in [3.8, 4) is 11.4 Å². The van der Waals surface area contributed by atoms with E-state index in [2.05, 4.69) is 5.10 Å². The molecule has 0 atom stereocenters. The summed E-state index contributed by atoms with van der Waals surface area (Å²) in [5, 5.41) is 12.7. The zero-order chi connectivity index (χ0) is 13.1. The molecule has 0 aliphatic rings. The minimum Gasteiger partial charge on any atom is -0.494 e. The molecule has 0 radical (unpaired) electrons. The average Bonchev–Trinajstić information content (AvgIpc) is 2.73. The van der Waals surface area contributed by atoms with Crippen LogP contribution in [-0.2, 0) is 0 Å². The number of hydrogen-bond acceptors (Lipinski definition) is 4. The van der Waals surface area contributed by atoms with Crippen molar-refractivity contribution in [1.29, 1.82) is 0 Å². The molecule has 0 saturated carbocycles. The molecule has 1 aromatic heterocycles. The third-order valence-corrected chi connectivity index (χ3v) is 2.35. The van der Waals surface area contributed by atoms with Crippen molar-refractivity contribution >= 4 is 11.8 Å². The van der Waals surface area contributed by atoms with Crippen molar-refractivity contribution in [2.45, 2.75) is 6.92 Å². The second-order valence-corrected chi connectivity index (χ2v) is 3.60. The zero-order valence-electron chi connectivity index (χ0n) is 9.83. The minimum absolute atomic E-state index is 0.0821. The highest BCUT2D eigenvalue weighted by atomic mass is 16.5. The molecule has 1 heterocycles. The Bertz CT molecular complexity index is 560. The van der Waals surface area contributed by atoms with E-state index in [9.17, 15) is 4.79 Å². The van der Waals surface area contributed by atoms with E-state index >= 15 is 0 Å². The minimum atomic E-state index is -1.11. The molecule has 6 heteroatoms. The van der Waals surface area contributed by atoms with Gasteiger partial charge in [0.2, 0.25) is 0 Å². The fourth-order valence-corrected chi connectivity index (χ4v) is 1.56. The fourth-order valence-electron chi connectivity index (χ4n) is 1.56. The van der Waals surface area contributed by atoms with Gasteiger partial charge in [0.1, 0.15) is 11.6 Å². The highest BCUT2D eigenvalue weighted by Gasteiger charge is 2.12. The Kier molecular flexibility index (Phi) is 3.18. The van der Waals surface area contributed by atoms with Crippen LogP contribution < -0.4 is 10.5 Å². The van der Waals surface area contributed by atoms with Gasteiger partial charge in [0.25, 0.3) is 0 Å². The number of rotatable bonds is 4. The molecule has 2 aromatic rings. The van der Waals surface area contributed by atoms with E-state index in [0.717, 1.165) is 5.75 Å². The molecular weight excluding hydrogens is 234 g/mol. The number of ether oxygens (including phenoxy) is 1. The van der Waals surface area contributed by atoms with Crippen molar-refractivity contribution in [1.82, 2.24) is 9.78 Å². The van der Waals surface area contributed by atoms with Crippen LogP contribution in [-0.4, -0.2) is 27.5 Å². The quantitative estimate of drug-likeness (QED) is 0.855. The average molecular weight is 247 g/mol. The van der Waals surface area contributed by atoms with Crippen molar-refractivity contribution < 1.29 is 14.6 Å². The zero-order valence-corrected chi connectivity index (χ0v) is 9.83. The molecule has 1 aromatic carbocycles. The van der Waals surface area contributed by atoms with Crippen molar-refractivity contribution in [3.63, 3.8) is 0 Å². The summed E-state index contributed by atoms with van der Waals surface area (Å²) in [7, 11) is 0. The summed E-state index contributed by atoms with van der Waals surface area (Å²) in [4.78, 5) is 10.8. The number of hydrogen-bond donors (Lipinski definition) is 2. The predicted octanol–water partition coefficient (Wildman–Crippen LogP) is 1.55. The molecule has 0 spiro atoms. The first-order chi connectivity index (χ1) is 8.61. The Labute approximate surface area is 104 Å². The predicted molar refractivity (Wildman–Crippen MR) is 66.1 cm³/mol. The van der Waals surface area contributed by atoms with Crippen LogP contribution in [0, 0.1) is 0 Å². The van der Waals surface area contributed by atoms with Crippen molar-refractivity contribution in [2.75, 3.05) is 12.3 Å². The number of nitrogen functional groups attached to an aromatic ring is 1. The molecule has 0 fully saturated rings. The molecule has 94 valence electrons. The largest absolute Gasteiger partial charge is 0.494 e. The molecule has 0 saturated heterocycles. The van der Waals surface area contributed by atoms with Crippen LogP contribution in [0.25, 0.3) is 5.69 Å². The third-order valence-electron chi connectivity index (χ3n) is 2.35. The van der Waals surface area contributed by atoms with Gasteiger partial charge in [-0.05, 0) is 31.2 Å². The molecule has 0 aliphatic carbocycles. The Morgan fingerprint density at radius 2 is 2.11 bits per heavy atom. The SMILES string of the molecule is CCOc1ccc(-n2nc(C(=O)O)cc2N)cc1. The summed E-state index contributed by atoms with van der Waals surface area (Å²) in [6.07, 6.45) is 0. The van der Waals surface area contributed by atoms with Crippen LogP contribution in [0.2, 0.25) is 0 Å². The lowest BCUT2D eigenvalue weighted by atomic mass is 10.3. The summed E-state index contributed by atoms with van der Waals surface area (Å²) in [5.74, 6) is -0.0895. The highest BCUT2D eigenvalue weighted by molar-refractivity contribution is 5.86. The summed E-state index contributed by atoms with van der Waals surface area (Å²) >= 11 is 0. The van der Waals surface area contributed by atoms with Crippen LogP contribution in [0.4, 0.5) is 5.82 Å². The number of aromatic nitrogens is 2. The van der Waals surface area contributed by atoms with E-state index in [4.69, 9.17) is 15.6 Å². The molecule has 0 aliphatic heterocycles. The van der Waals surface area contributed by atoms with Crippen LogP contribution in [0.15, 0.2) is 30.3 Å². The van der Waals surface area contributed by atoms with Gasteiger partial charge in [-0.15, -0.1) is 0 Å². The number of nitrogens with two attached hydrogens (primary N) is 1. The van der Waals surface area contributed by atoms with Crippen LogP contribution >= 0.6 is 0 Å². The van der Waals surface area contributed by atoms with Gasteiger partial charge in [-0.2, -0.15) is 5.10 Å². The Morgan fingerprint density at radius 3 is 2.61 bits per heavy atom. The first kappa shape index (κ1) is 12.0. The smallest absolute Gasteiger partial charge is 0.356 e. The van der Waals surface area contributed by atoms with Crippen LogP contribution in [0.1, 0.15) is 17.4 Å². The maximum Gasteiger partial charge on any atom is 0.356 e. The molecular formula is C12H13N3O3. The van der Waals surface area contributed by atoms with E-state index in [0.29, 0.717) is 12.3 Å². The maximum atomic E-state index is 10.8. The fraction of sp³-hybridized carbons (Fsp3) is 0.167. The molecule has 18 heavy (non-hydrogen) atoms. The van der Waals surface area contributed by atoms with Gasteiger partial charge >= 0.3 is 5.97 Å². The van der Waals surface area contributed by atoms with E-state index < -0.39 is 5.97 Å². The number of benzene rings is 1. The molecule has 0 amide bonds. The number of aromatic carboxylic acids is 1. The van der Waals surface area contributed by atoms with Crippen LogP contribution in [0.3, 0.4) is 0 Å². The lowest BCUT2D eigenvalue weighted by Crippen LogP contribution is -2.03. The first-order valence-electron chi connectivity index (χ1n) is 5.44. The lowest BCUT2D eigenvalue weighted by Gasteiger charge is -2.06. The van der Waals surface area contributed by atoms with Crippen LogP contribution in [0.5, 0.6) is 5.75 Å². The summed E-state index contributed by atoms with van der Waals surface area (Å²) < 4.78 is 6.69. The van der Waals surface area contributed by atoms with E-state index in [1.165, 1.54) is 10.7 Å². The number of carboxylic acids is 1. The number of nitrogens with zero attached hydrogens (tertiary/aromatic N) is 2. The third kappa shape index (κ3) is 2.27. The van der Waals surface area contributed by atoms with E-state index in [-0.39, 0.29) is 11.5 Å². The maximum absolute atomic E-state index is 10.8. The number of carbonyl (C=O) groups is 1. The van der Waals surface area contributed by atoms with E-state index in [1.807, 2.05) is 6.92 Å². The summed E-state index contributed by atoms with van der Waals surface area (Å²) in [6.45, 7) is 2.49. The Morgan fingerprint density at radius 1 is 1.44 bits per heavy atom. The number of anilines is 1. The van der Waals surface area contributed by atoms with Gasteiger partial charge in [-0.3, -0.25) is 0 Å². The second kappa shape index (κ2) is 4.79. The number of carboxylic acid groups (broad SMARTS) is 1. The van der Waals surface area contributed by atoms with Gasteiger partial charge in [0, 0.05) is 6.07 Å². The van der Waals surface area contributed by atoms with Crippen molar-refractivity contribution in [3.05, 3.63) is 36.0 Å². The normalized spacial score (nSPS) is 10.3. The molecule has 6 nitrogen and oxygen atoms in total. The van der Waals surface area contributed by atoms with Gasteiger partial charge in [0.05, 0.1) is 12.3 Å². The highest BCUT2D eigenvalue weighted by Crippen LogP contribution is 2.18. The standard InChI is InChI=1S/C12H13N3O3/c1-2-18-9-5-3-8(4-6-9)15-11(13)7-10(14-15)12(16)17/h3-7H,2,13H2,1H3,(H,16,17). The first-order valence-corrected chi connectivity index (χ1v) is 5.44.